The number of halogens is 2. The van der Waals surface area contributed by atoms with Crippen LogP contribution in [0.2, 0.25) is 5.02 Å². The third-order valence-corrected chi connectivity index (χ3v) is 6.41. The van der Waals surface area contributed by atoms with Crippen molar-refractivity contribution >= 4 is 33.4 Å². The van der Waals surface area contributed by atoms with Gasteiger partial charge in [0.1, 0.15) is 5.82 Å². The Morgan fingerprint density at radius 2 is 1.66 bits per heavy atom. The molecule has 164 valence electrons. The number of hydrogen-bond acceptors (Lipinski definition) is 4. The van der Waals surface area contributed by atoms with E-state index in [1.165, 1.54) is 5.01 Å². The molecule has 1 unspecified atom stereocenters. The summed E-state index contributed by atoms with van der Waals surface area (Å²) in [5.74, 6) is -0.571. The number of carbonyl (C=O) groups is 1. The van der Waals surface area contributed by atoms with Crippen LogP contribution in [0.25, 0.3) is 0 Å². The van der Waals surface area contributed by atoms with Gasteiger partial charge in [-0.05, 0) is 47.5 Å². The molecule has 0 fully saturated rings. The van der Waals surface area contributed by atoms with Crippen LogP contribution in [0.3, 0.4) is 0 Å². The minimum absolute atomic E-state index is 0.191. The van der Waals surface area contributed by atoms with E-state index in [9.17, 15) is 17.6 Å². The average molecular weight is 473 g/mol. The minimum Gasteiger partial charge on any atom is -0.258 e. The van der Waals surface area contributed by atoms with Crippen molar-refractivity contribution in [2.24, 2.45) is 5.10 Å². The summed E-state index contributed by atoms with van der Waals surface area (Å²) < 4.78 is 37.9. The van der Waals surface area contributed by atoms with Gasteiger partial charge in [-0.15, -0.1) is 4.83 Å². The van der Waals surface area contributed by atoms with Gasteiger partial charge in [0.15, 0.2) is 0 Å². The van der Waals surface area contributed by atoms with Crippen molar-refractivity contribution in [2.75, 3.05) is 0 Å². The Balaban J connectivity index is 1.57. The lowest BCUT2D eigenvalue weighted by Gasteiger charge is -2.22. The summed E-state index contributed by atoms with van der Waals surface area (Å²) in [5.41, 5.74) is 4.51. The highest BCUT2D eigenvalue weighted by Gasteiger charge is 2.33. The number of amides is 2. The zero-order chi connectivity index (χ0) is 22.7. The lowest BCUT2D eigenvalue weighted by atomic mass is 9.99. The number of hydrazone groups is 1. The normalized spacial score (nSPS) is 16.0. The lowest BCUT2D eigenvalue weighted by molar-refractivity contribution is 0.184. The lowest BCUT2D eigenvalue weighted by Crippen LogP contribution is -2.47. The van der Waals surface area contributed by atoms with Crippen LogP contribution in [0.4, 0.5) is 9.18 Å². The zero-order valence-corrected chi connectivity index (χ0v) is 18.1. The van der Waals surface area contributed by atoms with E-state index in [0.717, 1.165) is 35.4 Å². The number of carbonyl (C=O) groups excluding carboxylic acids is 1. The van der Waals surface area contributed by atoms with Crippen LogP contribution in [0.5, 0.6) is 0 Å². The molecule has 7 nitrogen and oxygen atoms in total. The molecule has 1 heterocycles. The van der Waals surface area contributed by atoms with E-state index >= 15 is 0 Å². The molecule has 32 heavy (non-hydrogen) atoms. The van der Waals surface area contributed by atoms with Gasteiger partial charge < -0.3 is 0 Å². The van der Waals surface area contributed by atoms with E-state index in [1.54, 1.807) is 24.3 Å². The van der Waals surface area contributed by atoms with E-state index in [0.29, 0.717) is 17.2 Å². The molecule has 1 aliphatic rings. The summed E-state index contributed by atoms with van der Waals surface area (Å²) in [6.07, 6.45) is 0.434. The van der Waals surface area contributed by atoms with Crippen LogP contribution < -0.4 is 10.3 Å². The Kier molecular flexibility index (Phi) is 6.22. The van der Waals surface area contributed by atoms with E-state index in [1.807, 2.05) is 35.2 Å². The predicted molar refractivity (Wildman–Crippen MR) is 119 cm³/mol. The summed E-state index contributed by atoms with van der Waals surface area (Å²) in [6, 6.07) is 19.4. The molecule has 0 aromatic heterocycles. The number of sulfonamides is 1. The van der Waals surface area contributed by atoms with Crippen LogP contribution in [0, 0.1) is 5.82 Å². The van der Waals surface area contributed by atoms with E-state index in [4.69, 9.17) is 11.6 Å². The fourth-order valence-corrected chi connectivity index (χ4v) is 4.25. The molecule has 4 rings (SSSR count). The van der Waals surface area contributed by atoms with E-state index in [-0.39, 0.29) is 4.90 Å². The standard InChI is InChI=1S/C22H18ClFN4O3S/c23-17-8-6-16(7-9-17)21-14-20(15-4-2-1-3-5-15)26-28(21)22(29)25-27-32(30,31)19-12-10-18(24)11-13-19/h1-13,21,27H,14H2,(H,25,29). The number of urea groups is 1. The molecule has 10 heteroatoms. The van der Waals surface area contributed by atoms with Crippen LogP contribution in [-0.2, 0) is 10.0 Å². The Hall–Kier alpha value is -3.27. The molecule has 1 aliphatic heterocycles. The van der Waals surface area contributed by atoms with Gasteiger partial charge in [-0.3, -0.25) is 5.43 Å². The number of benzene rings is 3. The first kappa shape index (κ1) is 21.9. The first-order valence-corrected chi connectivity index (χ1v) is 11.4. The summed E-state index contributed by atoms with van der Waals surface area (Å²) in [6.45, 7) is 0. The second-order valence-electron chi connectivity index (χ2n) is 7.02. The Morgan fingerprint density at radius 3 is 2.31 bits per heavy atom. The molecule has 3 aromatic rings. The zero-order valence-electron chi connectivity index (χ0n) is 16.6. The smallest absolute Gasteiger partial charge is 0.258 e. The molecule has 0 bridgehead atoms. The van der Waals surface area contributed by atoms with E-state index < -0.39 is 27.9 Å². The van der Waals surface area contributed by atoms with Crippen LogP contribution in [-0.4, -0.2) is 25.2 Å². The Morgan fingerprint density at radius 1 is 1.00 bits per heavy atom. The van der Waals surface area contributed by atoms with E-state index in [2.05, 4.69) is 10.5 Å². The van der Waals surface area contributed by atoms with Crippen molar-refractivity contribution < 1.29 is 17.6 Å². The van der Waals surface area contributed by atoms with Crippen molar-refractivity contribution in [2.45, 2.75) is 17.4 Å². The van der Waals surface area contributed by atoms with Gasteiger partial charge in [0.2, 0.25) is 0 Å². The number of rotatable bonds is 5. The van der Waals surface area contributed by atoms with Crippen molar-refractivity contribution in [1.29, 1.82) is 0 Å². The first-order chi connectivity index (χ1) is 15.3. The fourth-order valence-electron chi connectivity index (χ4n) is 3.29. The fraction of sp³-hybridized carbons (Fsp3) is 0.0909. The molecule has 0 radical (unpaired) electrons. The van der Waals surface area contributed by atoms with Gasteiger partial charge in [0, 0.05) is 11.4 Å². The monoisotopic (exact) mass is 472 g/mol. The van der Waals surface area contributed by atoms with Crippen molar-refractivity contribution in [1.82, 2.24) is 15.3 Å². The first-order valence-electron chi connectivity index (χ1n) is 9.58. The van der Waals surface area contributed by atoms with Gasteiger partial charge >= 0.3 is 6.03 Å². The number of hydrogen-bond donors (Lipinski definition) is 2. The number of nitrogens with zero attached hydrogens (tertiary/aromatic N) is 2. The molecular weight excluding hydrogens is 455 g/mol. The quantitative estimate of drug-likeness (QED) is 0.544. The summed E-state index contributed by atoms with van der Waals surface area (Å²) in [7, 11) is -4.10. The van der Waals surface area contributed by atoms with Crippen LogP contribution in [0.15, 0.2) is 88.9 Å². The highest BCUT2D eigenvalue weighted by molar-refractivity contribution is 7.89. The second-order valence-corrected chi connectivity index (χ2v) is 9.14. The molecule has 3 aromatic carbocycles. The van der Waals surface area contributed by atoms with Crippen molar-refractivity contribution in [3.63, 3.8) is 0 Å². The van der Waals surface area contributed by atoms with Gasteiger partial charge in [0.25, 0.3) is 10.0 Å². The molecule has 0 saturated heterocycles. The van der Waals surface area contributed by atoms with Crippen LogP contribution in [0.1, 0.15) is 23.6 Å². The Labute approximate surface area is 189 Å². The summed E-state index contributed by atoms with van der Waals surface area (Å²) in [5, 5.41) is 6.19. The summed E-state index contributed by atoms with van der Waals surface area (Å²) >= 11 is 5.99. The molecule has 1 atom stereocenters. The average Bonchev–Trinajstić information content (AvgIpc) is 3.24. The van der Waals surface area contributed by atoms with Gasteiger partial charge in [-0.1, -0.05) is 54.1 Å². The molecular formula is C22H18ClFN4O3S. The molecule has 0 spiro atoms. The SMILES string of the molecule is O=C(NNS(=O)(=O)c1ccc(F)cc1)N1N=C(c2ccccc2)CC1c1ccc(Cl)cc1. The molecule has 2 amide bonds. The minimum atomic E-state index is -4.10. The van der Waals surface area contributed by atoms with Crippen molar-refractivity contribution in [3.05, 3.63) is 101 Å². The topological polar surface area (TPSA) is 90.9 Å². The molecule has 2 N–H and O–H groups in total. The highest BCUT2D eigenvalue weighted by atomic mass is 35.5. The molecule has 0 aliphatic carbocycles. The third kappa shape index (κ3) is 4.80. The second kappa shape index (κ2) is 9.07. The largest absolute Gasteiger partial charge is 0.353 e. The van der Waals surface area contributed by atoms with Crippen LogP contribution >= 0.6 is 11.6 Å². The highest BCUT2D eigenvalue weighted by Crippen LogP contribution is 2.33. The maximum Gasteiger partial charge on any atom is 0.353 e. The number of hydrazine groups is 1. The van der Waals surface area contributed by atoms with Gasteiger partial charge in [0.05, 0.1) is 16.6 Å². The number of nitrogens with one attached hydrogen (secondary N) is 2. The molecule has 0 saturated carbocycles. The maximum atomic E-state index is 13.1. The third-order valence-electron chi connectivity index (χ3n) is 4.90. The summed E-state index contributed by atoms with van der Waals surface area (Å²) in [4.78, 5) is 14.7. The van der Waals surface area contributed by atoms with Gasteiger partial charge in [-0.25, -0.2) is 22.6 Å². The Bertz CT molecular complexity index is 1250. The van der Waals surface area contributed by atoms with Crippen molar-refractivity contribution in [3.8, 4) is 0 Å². The van der Waals surface area contributed by atoms with Gasteiger partial charge in [-0.2, -0.15) is 5.10 Å². The maximum absolute atomic E-state index is 13.1. The predicted octanol–water partition coefficient (Wildman–Crippen LogP) is 4.23.